The van der Waals surface area contributed by atoms with Gasteiger partial charge in [0.15, 0.2) is 6.10 Å². The lowest BCUT2D eigenvalue weighted by Gasteiger charge is -2.18. The lowest BCUT2D eigenvalue weighted by Crippen LogP contribution is -2.30. The molecule has 0 radical (unpaired) electrons. The summed E-state index contributed by atoms with van der Waals surface area (Å²) in [6.45, 7) is 11.1. The van der Waals surface area contributed by atoms with Crippen molar-refractivity contribution in [1.82, 2.24) is 0 Å². The number of hydrogen-bond donors (Lipinski definition) is 0. The van der Waals surface area contributed by atoms with Crippen LogP contribution in [-0.4, -0.2) is 37.2 Å². The zero-order valence-corrected chi connectivity index (χ0v) is 29.8. The summed E-state index contributed by atoms with van der Waals surface area (Å²) in [5.74, 6) is 0.659. The number of rotatable bonds is 32. The summed E-state index contributed by atoms with van der Waals surface area (Å²) in [4.78, 5) is 37.2. The molecule has 0 aromatic carbocycles. The molecule has 0 rings (SSSR count). The highest BCUT2D eigenvalue weighted by Gasteiger charge is 2.19. The van der Waals surface area contributed by atoms with Gasteiger partial charge in [-0.15, -0.1) is 0 Å². The summed E-state index contributed by atoms with van der Waals surface area (Å²) in [5, 5.41) is 0. The van der Waals surface area contributed by atoms with Gasteiger partial charge in [-0.25, -0.2) is 0 Å². The average Bonchev–Trinajstić information content (AvgIpc) is 2.98. The Morgan fingerprint density at radius 2 is 0.750 bits per heavy atom. The van der Waals surface area contributed by atoms with Gasteiger partial charge in [0.05, 0.1) is 0 Å². The minimum absolute atomic E-state index is 0.0683. The Labute approximate surface area is 272 Å². The van der Waals surface area contributed by atoms with E-state index in [0.717, 1.165) is 69.6 Å². The van der Waals surface area contributed by atoms with Crippen molar-refractivity contribution in [3.63, 3.8) is 0 Å². The maximum absolute atomic E-state index is 12.6. The fraction of sp³-hybridized carbons (Fsp3) is 0.921. The van der Waals surface area contributed by atoms with Gasteiger partial charge in [0.1, 0.15) is 13.2 Å². The van der Waals surface area contributed by atoms with Crippen molar-refractivity contribution >= 4 is 17.9 Å². The quantitative estimate of drug-likeness (QED) is 0.0421. The van der Waals surface area contributed by atoms with Crippen LogP contribution in [0.25, 0.3) is 0 Å². The van der Waals surface area contributed by atoms with E-state index in [1.165, 1.54) is 83.5 Å². The molecule has 6 nitrogen and oxygen atoms in total. The van der Waals surface area contributed by atoms with Crippen LogP contribution in [0.15, 0.2) is 0 Å². The third-order valence-electron chi connectivity index (χ3n) is 8.22. The molecule has 0 amide bonds. The van der Waals surface area contributed by atoms with E-state index in [2.05, 4.69) is 34.6 Å². The number of esters is 3. The predicted molar refractivity (Wildman–Crippen MR) is 183 cm³/mol. The lowest BCUT2D eigenvalue weighted by atomic mass is 10.0. The predicted octanol–water partition coefficient (Wildman–Crippen LogP) is 11.1. The zero-order valence-electron chi connectivity index (χ0n) is 29.8. The molecule has 0 saturated carbocycles. The molecule has 1 atom stereocenters. The van der Waals surface area contributed by atoms with E-state index in [0.29, 0.717) is 19.3 Å². The maximum Gasteiger partial charge on any atom is 0.306 e. The lowest BCUT2D eigenvalue weighted by molar-refractivity contribution is -0.167. The molecule has 0 fully saturated rings. The van der Waals surface area contributed by atoms with E-state index >= 15 is 0 Å². The van der Waals surface area contributed by atoms with Crippen LogP contribution < -0.4 is 0 Å². The number of ether oxygens (including phenoxy) is 3. The SMILES string of the molecule is CCCCCCCCCC(=O)OC[C@@H](COC(=O)CCCCCCCCC(C)C)OC(=O)CCCCCCCCCC(C)C. The summed E-state index contributed by atoms with van der Waals surface area (Å²) in [6.07, 6.45) is 25.5. The molecule has 0 N–H and O–H groups in total. The van der Waals surface area contributed by atoms with Gasteiger partial charge in [0, 0.05) is 19.3 Å². The van der Waals surface area contributed by atoms with Crippen LogP contribution in [0.3, 0.4) is 0 Å². The van der Waals surface area contributed by atoms with E-state index in [1.54, 1.807) is 0 Å². The largest absolute Gasteiger partial charge is 0.462 e. The highest BCUT2D eigenvalue weighted by Crippen LogP contribution is 2.15. The van der Waals surface area contributed by atoms with Crippen molar-refractivity contribution in [2.75, 3.05) is 13.2 Å². The van der Waals surface area contributed by atoms with Gasteiger partial charge in [-0.05, 0) is 31.1 Å². The van der Waals surface area contributed by atoms with Crippen molar-refractivity contribution in [1.29, 1.82) is 0 Å². The fourth-order valence-electron chi connectivity index (χ4n) is 5.34. The Morgan fingerprint density at radius 1 is 0.432 bits per heavy atom. The summed E-state index contributed by atoms with van der Waals surface area (Å²) in [6, 6.07) is 0. The summed E-state index contributed by atoms with van der Waals surface area (Å²) in [7, 11) is 0. The van der Waals surface area contributed by atoms with E-state index < -0.39 is 6.10 Å². The Kier molecular flexibility index (Phi) is 30.3. The molecule has 6 heteroatoms. The number of unbranched alkanes of at least 4 members (excludes halogenated alkanes) is 17. The maximum atomic E-state index is 12.6. The van der Waals surface area contributed by atoms with Crippen LogP contribution in [0.4, 0.5) is 0 Å². The van der Waals surface area contributed by atoms with E-state index in [4.69, 9.17) is 14.2 Å². The molecule has 0 heterocycles. The number of carbonyl (C=O) groups excluding carboxylic acids is 3. The van der Waals surface area contributed by atoms with Gasteiger partial charge in [-0.1, -0.05) is 157 Å². The summed E-state index contributed by atoms with van der Waals surface area (Å²) in [5.41, 5.74) is 0. The zero-order chi connectivity index (χ0) is 32.7. The van der Waals surface area contributed by atoms with Gasteiger partial charge < -0.3 is 14.2 Å². The summed E-state index contributed by atoms with van der Waals surface area (Å²) < 4.78 is 16.5. The molecule has 44 heavy (non-hydrogen) atoms. The van der Waals surface area contributed by atoms with Gasteiger partial charge in [0.25, 0.3) is 0 Å². The summed E-state index contributed by atoms with van der Waals surface area (Å²) >= 11 is 0. The molecule has 0 bridgehead atoms. The van der Waals surface area contributed by atoms with Gasteiger partial charge in [0.2, 0.25) is 0 Å². The first-order valence-corrected chi connectivity index (χ1v) is 18.7. The Bertz CT molecular complexity index is 674. The normalized spacial score (nSPS) is 12.1. The van der Waals surface area contributed by atoms with Crippen LogP contribution in [0.1, 0.15) is 195 Å². The van der Waals surface area contributed by atoms with Gasteiger partial charge in [-0.3, -0.25) is 14.4 Å². The second-order valence-corrected chi connectivity index (χ2v) is 13.8. The highest BCUT2D eigenvalue weighted by molar-refractivity contribution is 5.71. The first-order chi connectivity index (χ1) is 21.2. The van der Waals surface area contributed by atoms with E-state index in [9.17, 15) is 14.4 Å². The molecule has 0 aliphatic carbocycles. The second-order valence-electron chi connectivity index (χ2n) is 13.8. The van der Waals surface area contributed by atoms with Crippen LogP contribution in [-0.2, 0) is 28.6 Å². The third kappa shape index (κ3) is 31.8. The Hall–Kier alpha value is -1.59. The Morgan fingerprint density at radius 3 is 1.11 bits per heavy atom. The third-order valence-corrected chi connectivity index (χ3v) is 8.22. The van der Waals surface area contributed by atoms with Gasteiger partial charge in [-0.2, -0.15) is 0 Å². The smallest absolute Gasteiger partial charge is 0.306 e. The first-order valence-electron chi connectivity index (χ1n) is 18.7. The standard InChI is InChI=1S/C38H72O6/c1-6-7-8-9-11-18-23-28-36(39)42-31-35(32-43-37(40)29-24-19-15-14-17-22-27-34(4)5)44-38(41)30-25-20-13-10-12-16-21-26-33(2)3/h33-35H,6-32H2,1-5H3/t35-/m0/s1. The van der Waals surface area contributed by atoms with Gasteiger partial charge >= 0.3 is 17.9 Å². The van der Waals surface area contributed by atoms with Crippen molar-refractivity contribution < 1.29 is 28.6 Å². The molecular weight excluding hydrogens is 552 g/mol. The molecule has 260 valence electrons. The minimum Gasteiger partial charge on any atom is -0.462 e. The van der Waals surface area contributed by atoms with Crippen LogP contribution in [0.5, 0.6) is 0 Å². The number of carbonyl (C=O) groups is 3. The van der Waals surface area contributed by atoms with Crippen LogP contribution >= 0.6 is 0 Å². The molecule has 0 unspecified atom stereocenters. The minimum atomic E-state index is -0.758. The molecule has 0 saturated heterocycles. The van der Waals surface area contributed by atoms with E-state index in [-0.39, 0.29) is 31.1 Å². The topological polar surface area (TPSA) is 78.9 Å². The highest BCUT2D eigenvalue weighted by atomic mass is 16.6. The monoisotopic (exact) mass is 625 g/mol. The molecule has 0 aliphatic heterocycles. The van der Waals surface area contributed by atoms with Crippen LogP contribution in [0, 0.1) is 11.8 Å². The fourth-order valence-corrected chi connectivity index (χ4v) is 5.34. The second kappa shape index (κ2) is 31.4. The molecule has 0 aromatic heterocycles. The molecule has 0 spiro atoms. The van der Waals surface area contributed by atoms with E-state index in [1.807, 2.05) is 0 Å². The Balaban J connectivity index is 4.36. The van der Waals surface area contributed by atoms with Crippen molar-refractivity contribution in [3.05, 3.63) is 0 Å². The van der Waals surface area contributed by atoms with Crippen molar-refractivity contribution in [2.45, 2.75) is 201 Å². The first kappa shape index (κ1) is 42.4. The molecule has 0 aliphatic rings. The van der Waals surface area contributed by atoms with Crippen molar-refractivity contribution in [2.24, 2.45) is 11.8 Å². The van der Waals surface area contributed by atoms with Crippen molar-refractivity contribution in [3.8, 4) is 0 Å². The van der Waals surface area contributed by atoms with Crippen LogP contribution in [0.2, 0.25) is 0 Å². The average molecular weight is 625 g/mol. The number of hydrogen-bond acceptors (Lipinski definition) is 6. The molecule has 0 aromatic rings. The molecular formula is C38H72O6.